The van der Waals surface area contributed by atoms with Gasteiger partial charge in [-0.1, -0.05) is 15.9 Å². The van der Waals surface area contributed by atoms with Crippen LogP contribution in [0.15, 0.2) is 22.7 Å². The molecule has 1 aromatic heterocycles. The van der Waals surface area contributed by atoms with Gasteiger partial charge < -0.3 is 10.2 Å². The van der Waals surface area contributed by atoms with Gasteiger partial charge in [0.25, 0.3) is 0 Å². The lowest BCUT2D eigenvalue weighted by Gasteiger charge is -2.34. The molecule has 6 heteroatoms. The molecule has 1 saturated heterocycles. The van der Waals surface area contributed by atoms with Crippen molar-refractivity contribution in [1.29, 1.82) is 0 Å². The van der Waals surface area contributed by atoms with Crippen LogP contribution in [0.2, 0.25) is 0 Å². The molecule has 3 rings (SSSR count). The van der Waals surface area contributed by atoms with Gasteiger partial charge in [0.1, 0.15) is 0 Å². The number of hydrogen-bond donors (Lipinski definition) is 1. The van der Waals surface area contributed by atoms with Gasteiger partial charge in [-0.25, -0.2) is 4.98 Å². The molecule has 1 fully saturated rings. The van der Waals surface area contributed by atoms with Crippen molar-refractivity contribution in [2.45, 2.75) is 25.8 Å². The van der Waals surface area contributed by atoms with Crippen LogP contribution in [0.4, 0.5) is 0 Å². The van der Waals surface area contributed by atoms with Gasteiger partial charge in [0.15, 0.2) is 0 Å². The third-order valence-electron chi connectivity index (χ3n) is 3.77. The van der Waals surface area contributed by atoms with Crippen molar-refractivity contribution in [2.24, 2.45) is 0 Å². The van der Waals surface area contributed by atoms with E-state index in [0.717, 1.165) is 41.1 Å². The van der Waals surface area contributed by atoms with E-state index in [2.05, 4.69) is 39.2 Å². The van der Waals surface area contributed by atoms with Crippen molar-refractivity contribution in [3.8, 4) is 0 Å². The predicted molar refractivity (Wildman–Crippen MR) is 89.7 cm³/mol. The molecular weight excluding hydrogens is 350 g/mol. The van der Waals surface area contributed by atoms with Gasteiger partial charge in [0.2, 0.25) is 5.91 Å². The minimum Gasteiger partial charge on any atom is -0.337 e. The summed E-state index contributed by atoms with van der Waals surface area (Å²) >= 11 is 5.14. The molecule has 1 N–H and O–H groups in total. The SMILES string of the molecule is C[C@H]1CNCCN1C(=O)CCc1nc2cc(Br)ccc2s1. The Morgan fingerprint density at radius 3 is 3.24 bits per heavy atom. The van der Waals surface area contributed by atoms with E-state index in [1.54, 1.807) is 11.3 Å². The van der Waals surface area contributed by atoms with E-state index in [4.69, 9.17) is 0 Å². The Bertz CT molecular complexity index is 657. The van der Waals surface area contributed by atoms with Crippen LogP contribution in [0.25, 0.3) is 10.2 Å². The molecule has 2 aromatic rings. The monoisotopic (exact) mass is 367 g/mol. The first kappa shape index (κ1) is 14.9. The lowest BCUT2D eigenvalue weighted by molar-refractivity contribution is -0.133. The van der Waals surface area contributed by atoms with Gasteiger partial charge >= 0.3 is 0 Å². The van der Waals surface area contributed by atoms with Crippen LogP contribution in [0.3, 0.4) is 0 Å². The standard InChI is InChI=1S/C15H18BrN3OS/c1-10-9-17-6-7-19(10)15(20)5-4-14-18-12-8-11(16)2-3-13(12)21-14/h2-3,8,10,17H,4-7,9H2,1H3/t10-/m0/s1. The van der Waals surface area contributed by atoms with Gasteiger partial charge in [0, 0.05) is 43.0 Å². The topological polar surface area (TPSA) is 45.2 Å². The second kappa shape index (κ2) is 6.42. The molecule has 1 atom stereocenters. The summed E-state index contributed by atoms with van der Waals surface area (Å²) in [5, 5.41) is 4.35. The van der Waals surface area contributed by atoms with Crippen LogP contribution in [-0.2, 0) is 11.2 Å². The summed E-state index contributed by atoms with van der Waals surface area (Å²) in [7, 11) is 0. The smallest absolute Gasteiger partial charge is 0.223 e. The molecule has 112 valence electrons. The maximum Gasteiger partial charge on any atom is 0.223 e. The third-order valence-corrected chi connectivity index (χ3v) is 5.36. The average molecular weight is 368 g/mol. The first-order chi connectivity index (χ1) is 10.1. The average Bonchev–Trinajstić information content (AvgIpc) is 2.87. The van der Waals surface area contributed by atoms with Gasteiger partial charge in [-0.2, -0.15) is 0 Å². The number of carbonyl (C=O) groups excluding carboxylic acids is 1. The highest BCUT2D eigenvalue weighted by Crippen LogP contribution is 2.26. The molecule has 0 spiro atoms. The fraction of sp³-hybridized carbons (Fsp3) is 0.467. The van der Waals surface area contributed by atoms with Crippen molar-refractivity contribution in [3.05, 3.63) is 27.7 Å². The predicted octanol–water partition coefficient (Wildman–Crippen LogP) is 2.81. The van der Waals surface area contributed by atoms with E-state index in [9.17, 15) is 4.79 Å². The number of thiazole rings is 1. The molecule has 0 unspecified atom stereocenters. The third kappa shape index (κ3) is 3.44. The fourth-order valence-corrected chi connectivity index (χ4v) is 3.92. The van der Waals surface area contributed by atoms with Crippen molar-refractivity contribution >= 4 is 43.4 Å². The Morgan fingerprint density at radius 2 is 2.43 bits per heavy atom. The number of halogens is 1. The van der Waals surface area contributed by atoms with Gasteiger partial charge in [-0.05, 0) is 25.1 Å². The van der Waals surface area contributed by atoms with Crippen molar-refractivity contribution in [1.82, 2.24) is 15.2 Å². The normalized spacial score (nSPS) is 19.1. The number of nitrogens with one attached hydrogen (secondary N) is 1. The molecule has 21 heavy (non-hydrogen) atoms. The number of fused-ring (bicyclic) bond motifs is 1. The zero-order chi connectivity index (χ0) is 14.8. The van der Waals surface area contributed by atoms with Crippen LogP contribution in [0.5, 0.6) is 0 Å². The molecule has 0 aliphatic carbocycles. The summed E-state index contributed by atoms with van der Waals surface area (Å²) in [6, 6.07) is 6.41. The van der Waals surface area contributed by atoms with Crippen LogP contribution in [-0.4, -0.2) is 41.5 Å². The summed E-state index contributed by atoms with van der Waals surface area (Å²) in [4.78, 5) is 18.9. The van der Waals surface area contributed by atoms with Gasteiger partial charge in [-0.3, -0.25) is 4.79 Å². The minimum absolute atomic E-state index is 0.240. The Labute approximate surface area is 136 Å². The van der Waals surface area contributed by atoms with Crippen molar-refractivity contribution in [3.63, 3.8) is 0 Å². The summed E-state index contributed by atoms with van der Waals surface area (Å²) in [6.45, 7) is 4.69. The quantitative estimate of drug-likeness (QED) is 0.906. The first-order valence-corrected chi connectivity index (χ1v) is 8.79. The Kier molecular flexibility index (Phi) is 4.57. The maximum absolute atomic E-state index is 12.3. The van der Waals surface area contributed by atoms with Crippen LogP contribution in [0.1, 0.15) is 18.4 Å². The molecular formula is C15H18BrN3OS. The van der Waals surface area contributed by atoms with Crippen LogP contribution in [0, 0.1) is 0 Å². The van der Waals surface area contributed by atoms with Crippen molar-refractivity contribution in [2.75, 3.05) is 19.6 Å². The molecule has 2 heterocycles. The minimum atomic E-state index is 0.240. The van der Waals surface area contributed by atoms with E-state index in [0.29, 0.717) is 6.42 Å². The highest BCUT2D eigenvalue weighted by atomic mass is 79.9. The number of hydrogen-bond acceptors (Lipinski definition) is 4. The van der Waals surface area contributed by atoms with E-state index >= 15 is 0 Å². The maximum atomic E-state index is 12.3. The molecule has 1 aliphatic rings. The number of benzene rings is 1. The summed E-state index contributed by atoms with van der Waals surface area (Å²) in [5.74, 6) is 0.240. The first-order valence-electron chi connectivity index (χ1n) is 7.18. The molecule has 1 aliphatic heterocycles. The number of amides is 1. The van der Waals surface area contributed by atoms with Crippen LogP contribution >= 0.6 is 27.3 Å². The zero-order valence-corrected chi connectivity index (χ0v) is 14.3. The number of aryl methyl sites for hydroxylation is 1. The van der Waals surface area contributed by atoms with E-state index in [1.165, 1.54) is 4.70 Å². The lowest BCUT2D eigenvalue weighted by atomic mass is 10.2. The van der Waals surface area contributed by atoms with E-state index in [1.807, 2.05) is 17.0 Å². The molecule has 4 nitrogen and oxygen atoms in total. The number of carbonyl (C=O) groups is 1. The largest absolute Gasteiger partial charge is 0.337 e. The highest BCUT2D eigenvalue weighted by Gasteiger charge is 2.22. The van der Waals surface area contributed by atoms with Gasteiger partial charge in [0.05, 0.1) is 15.2 Å². The number of piperazine rings is 1. The number of aromatic nitrogens is 1. The lowest BCUT2D eigenvalue weighted by Crippen LogP contribution is -2.52. The number of rotatable bonds is 3. The Morgan fingerprint density at radius 1 is 1.57 bits per heavy atom. The molecule has 0 radical (unpaired) electrons. The van der Waals surface area contributed by atoms with Crippen molar-refractivity contribution < 1.29 is 4.79 Å². The molecule has 1 aromatic carbocycles. The molecule has 0 saturated carbocycles. The highest BCUT2D eigenvalue weighted by molar-refractivity contribution is 9.10. The summed E-state index contributed by atoms with van der Waals surface area (Å²) < 4.78 is 2.22. The molecule has 1 amide bonds. The van der Waals surface area contributed by atoms with E-state index in [-0.39, 0.29) is 11.9 Å². The van der Waals surface area contributed by atoms with E-state index < -0.39 is 0 Å². The fourth-order valence-electron chi connectivity index (χ4n) is 2.62. The summed E-state index contributed by atoms with van der Waals surface area (Å²) in [5.41, 5.74) is 1.01. The van der Waals surface area contributed by atoms with Gasteiger partial charge in [-0.15, -0.1) is 11.3 Å². The summed E-state index contributed by atoms with van der Waals surface area (Å²) in [6.07, 6.45) is 1.28. The zero-order valence-electron chi connectivity index (χ0n) is 11.9. The molecule has 0 bridgehead atoms. The Hall–Kier alpha value is -0.980. The Balaban J connectivity index is 1.64. The second-order valence-corrected chi connectivity index (χ2v) is 7.39. The second-order valence-electron chi connectivity index (χ2n) is 5.36. The van der Waals surface area contributed by atoms with Crippen LogP contribution < -0.4 is 5.32 Å². The number of nitrogens with zero attached hydrogens (tertiary/aromatic N) is 2.